The molecule has 0 amide bonds. The van der Waals surface area contributed by atoms with Crippen LogP contribution in [0.2, 0.25) is 18.1 Å². The Bertz CT molecular complexity index is 1170. The van der Waals surface area contributed by atoms with E-state index in [-0.39, 0.29) is 16.0 Å². The van der Waals surface area contributed by atoms with Crippen molar-refractivity contribution in [3.05, 3.63) is 76.0 Å². The van der Waals surface area contributed by atoms with Crippen LogP contribution in [0.4, 0.5) is 5.69 Å². The predicted octanol–water partition coefficient (Wildman–Crippen LogP) is 5.45. The normalized spacial score (nSPS) is 17.5. The summed E-state index contributed by atoms with van der Waals surface area (Å²) in [5, 5.41) is 20.0. The van der Waals surface area contributed by atoms with E-state index in [1.807, 2.05) is 24.3 Å². The van der Waals surface area contributed by atoms with Crippen LogP contribution in [-0.4, -0.2) is 34.5 Å². The van der Waals surface area contributed by atoms with E-state index in [1.165, 1.54) is 17.0 Å². The maximum absolute atomic E-state index is 13.1. The summed E-state index contributed by atoms with van der Waals surface area (Å²) < 4.78 is 32.6. The van der Waals surface area contributed by atoms with Crippen molar-refractivity contribution in [1.82, 2.24) is 0 Å². The van der Waals surface area contributed by atoms with Crippen LogP contribution in [0.1, 0.15) is 26.3 Å². The van der Waals surface area contributed by atoms with Crippen molar-refractivity contribution in [2.45, 2.75) is 56.3 Å². The lowest BCUT2D eigenvalue weighted by atomic mass is 10.1. The van der Waals surface area contributed by atoms with Gasteiger partial charge in [0, 0.05) is 5.69 Å². The van der Waals surface area contributed by atoms with Crippen molar-refractivity contribution in [3.63, 3.8) is 0 Å². The number of fused-ring (bicyclic) bond motifs is 1. The molecule has 0 radical (unpaired) electrons. The van der Waals surface area contributed by atoms with E-state index in [2.05, 4.69) is 38.8 Å². The van der Waals surface area contributed by atoms with Crippen LogP contribution in [0.5, 0.6) is 0 Å². The molecule has 0 spiro atoms. The number of para-hydroxylation sites is 1. The lowest BCUT2D eigenvalue weighted by molar-refractivity contribution is 0.252. The molecule has 7 nitrogen and oxygen atoms in total. The largest absolute Gasteiger partial charge is 0.538 e. The lowest BCUT2D eigenvalue weighted by Crippen LogP contribution is -2.45. The quantitative estimate of drug-likeness (QED) is 0.341. The molecule has 32 heavy (non-hydrogen) atoms. The maximum atomic E-state index is 13.1. The number of sulfone groups is 1. The summed E-state index contributed by atoms with van der Waals surface area (Å²) in [7, 11) is -6.32. The fraction of sp³-hybridized carbons (Fsp3) is 0.391. The zero-order chi connectivity index (χ0) is 23.7. The standard InChI is InChI=1S/C23H29N3O4SSi/c1-23(2,3)32(4,5)30-16-18-15-17-11-9-10-14-20(17)26(18)22(27)21(25-24)31(28,29)19-12-7-6-8-13-19/h6-14,18H,15-16H2,1-5H3/p+1/b22-21-. The van der Waals surface area contributed by atoms with E-state index in [1.54, 1.807) is 18.2 Å². The van der Waals surface area contributed by atoms with Gasteiger partial charge < -0.3 is 9.53 Å². The summed E-state index contributed by atoms with van der Waals surface area (Å²) in [6.45, 7) is 11.0. The van der Waals surface area contributed by atoms with E-state index in [9.17, 15) is 18.9 Å². The third-order valence-corrected chi connectivity index (χ3v) is 12.5. The second kappa shape index (κ2) is 8.69. The van der Waals surface area contributed by atoms with Crippen molar-refractivity contribution in [3.8, 4) is 0 Å². The van der Waals surface area contributed by atoms with Crippen LogP contribution >= 0.6 is 0 Å². The van der Waals surface area contributed by atoms with Crippen LogP contribution in [0.3, 0.4) is 0 Å². The number of hydrogen-bond donors (Lipinski definition) is 1. The van der Waals surface area contributed by atoms with Crippen LogP contribution in [0, 0.1) is 5.39 Å². The van der Waals surface area contributed by atoms with Gasteiger partial charge in [-0.15, -0.1) is 0 Å². The van der Waals surface area contributed by atoms with Crippen molar-refractivity contribution in [1.29, 1.82) is 5.39 Å². The first-order valence-electron chi connectivity index (χ1n) is 10.5. The molecular weight excluding hydrogens is 442 g/mol. The van der Waals surface area contributed by atoms with Gasteiger partial charge in [-0.05, 0) is 48.3 Å². The van der Waals surface area contributed by atoms with E-state index in [0.717, 1.165) is 5.56 Å². The molecule has 0 aliphatic carbocycles. The molecule has 1 aliphatic heterocycles. The minimum atomic E-state index is -4.24. The topological polar surface area (TPSA) is 95.0 Å². The first-order chi connectivity index (χ1) is 14.9. The molecular formula is C23H30N3O4SSi+. The average Bonchev–Trinajstić information content (AvgIpc) is 3.11. The predicted molar refractivity (Wildman–Crippen MR) is 128 cm³/mol. The summed E-state index contributed by atoms with van der Waals surface area (Å²) in [6.07, 6.45) is 0.568. The van der Waals surface area contributed by atoms with Gasteiger partial charge >= 0.3 is 10.9 Å². The summed E-state index contributed by atoms with van der Waals surface area (Å²) in [4.78, 5) is 4.45. The van der Waals surface area contributed by atoms with Gasteiger partial charge in [0.2, 0.25) is 5.39 Å². The molecule has 0 fully saturated rings. The fourth-order valence-electron chi connectivity index (χ4n) is 3.43. The number of rotatable bonds is 6. The van der Waals surface area contributed by atoms with E-state index >= 15 is 0 Å². The Morgan fingerprint density at radius 2 is 1.75 bits per heavy atom. The van der Waals surface area contributed by atoms with Crippen molar-refractivity contribution >= 4 is 23.8 Å². The second-order valence-electron chi connectivity index (χ2n) is 9.47. The molecule has 1 unspecified atom stereocenters. The molecule has 0 saturated carbocycles. The Hall–Kier alpha value is -2.67. The number of diazo groups is 1. The Kier molecular flexibility index (Phi) is 6.51. The van der Waals surface area contributed by atoms with Crippen LogP contribution in [-0.2, 0) is 20.7 Å². The zero-order valence-corrected chi connectivity index (χ0v) is 20.9. The van der Waals surface area contributed by atoms with Crippen LogP contribution in [0.25, 0.3) is 4.98 Å². The van der Waals surface area contributed by atoms with Crippen molar-refractivity contribution < 1.29 is 18.0 Å². The van der Waals surface area contributed by atoms with Crippen LogP contribution in [0.15, 0.2) is 70.4 Å². The van der Waals surface area contributed by atoms with Gasteiger partial charge in [0.15, 0.2) is 13.3 Å². The van der Waals surface area contributed by atoms with E-state index in [4.69, 9.17) is 4.43 Å². The Morgan fingerprint density at radius 1 is 1.16 bits per heavy atom. The smallest absolute Gasteiger partial charge is 0.488 e. The molecule has 2 aromatic carbocycles. The number of anilines is 1. The van der Waals surface area contributed by atoms with Gasteiger partial charge in [0.1, 0.15) is 0 Å². The zero-order valence-electron chi connectivity index (χ0n) is 19.1. The molecule has 170 valence electrons. The van der Waals surface area contributed by atoms with Gasteiger partial charge in [-0.3, -0.25) is 4.90 Å². The third kappa shape index (κ3) is 4.44. The van der Waals surface area contributed by atoms with Crippen molar-refractivity contribution in [2.24, 2.45) is 0 Å². The summed E-state index contributed by atoms with van der Waals surface area (Å²) >= 11 is 0. The summed E-state index contributed by atoms with van der Waals surface area (Å²) in [5.41, 5.74) is 1.62. The highest BCUT2D eigenvalue weighted by Gasteiger charge is 2.45. The van der Waals surface area contributed by atoms with Crippen molar-refractivity contribution in [2.75, 3.05) is 11.5 Å². The Balaban J connectivity index is 2.05. The molecule has 2 aromatic rings. The highest BCUT2D eigenvalue weighted by atomic mass is 32.2. The third-order valence-electron chi connectivity index (χ3n) is 6.33. The van der Waals surface area contributed by atoms with E-state index < -0.39 is 29.1 Å². The number of benzene rings is 2. The lowest BCUT2D eigenvalue weighted by Gasteiger charge is -2.38. The molecule has 0 saturated heterocycles. The Morgan fingerprint density at radius 3 is 2.34 bits per heavy atom. The first kappa shape index (κ1) is 24.0. The highest BCUT2D eigenvalue weighted by Crippen LogP contribution is 2.40. The van der Waals surface area contributed by atoms with E-state index in [0.29, 0.717) is 18.7 Å². The summed E-state index contributed by atoms with van der Waals surface area (Å²) in [6, 6.07) is 14.7. The van der Waals surface area contributed by atoms with Gasteiger partial charge in [-0.25, -0.2) is 8.42 Å². The van der Waals surface area contributed by atoms with Gasteiger partial charge in [0.25, 0.3) is 9.84 Å². The minimum Gasteiger partial charge on any atom is -0.488 e. The molecule has 1 atom stereocenters. The van der Waals surface area contributed by atoms with Gasteiger partial charge in [-0.1, -0.05) is 57.2 Å². The minimum absolute atomic E-state index is 0.00338. The molecule has 3 rings (SSSR count). The van der Waals surface area contributed by atoms with Gasteiger partial charge in [0.05, 0.1) is 17.5 Å². The average molecular weight is 473 g/mol. The van der Waals surface area contributed by atoms with Gasteiger partial charge in [-0.2, -0.15) is 0 Å². The number of nitrogens with zero attached hydrogens (tertiary/aromatic N) is 3. The maximum Gasteiger partial charge on any atom is 0.538 e. The Labute approximate surface area is 191 Å². The first-order valence-corrected chi connectivity index (χ1v) is 14.9. The van der Waals surface area contributed by atoms with Crippen LogP contribution < -0.4 is 4.90 Å². The highest BCUT2D eigenvalue weighted by molar-refractivity contribution is 7.95. The molecule has 9 heteroatoms. The monoisotopic (exact) mass is 472 g/mol. The molecule has 0 aromatic heterocycles. The summed E-state index contributed by atoms with van der Waals surface area (Å²) in [5.74, 6) is -0.620. The molecule has 1 aliphatic rings. The molecule has 1 N–H and O–H groups in total. The SMILES string of the molecule is CC(C)(C)[Si](C)(C)OCC1Cc2ccccc2N1/C(O)=C(\[N+]#N)S(=O)(=O)c1ccccc1. The molecule has 0 bridgehead atoms. The number of aliphatic hydroxyl groups excluding tert-OH is 1. The fourth-order valence-corrected chi connectivity index (χ4v) is 5.66. The number of hydrogen-bond acceptors (Lipinski definition) is 6. The molecule has 1 heterocycles. The second-order valence-corrected chi connectivity index (χ2v) is 16.1. The number of aliphatic hydroxyl groups is 1.